The molecule has 0 aromatic rings. The van der Waals surface area contributed by atoms with Crippen LogP contribution in [0.15, 0.2) is 0 Å². The first kappa shape index (κ1) is 12.6. The van der Waals surface area contributed by atoms with Crippen molar-refractivity contribution in [1.82, 2.24) is 4.90 Å². The van der Waals surface area contributed by atoms with Gasteiger partial charge in [0, 0.05) is 19.1 Å². The fourth-order valence-corrected chi connectivity index (χ4v) is 6.31. The van der Waals surface area contributed by atoms with Crippen LogP contribution in [0, 0.1) is 23.2 Å². The average molecular weight is 263 g/mol. The molecule has 5 aliphatic rings. The second-order valence-corrected chi connectivity index (χ2v) is 8.12. The third-order valence-electron chi connectivity index (χ3n) is 6.56. The smallest absolute Gasteiger partial charge is 0.0594 e. The minimum absolute atomic E-state index is 0.743. The summed E-state index contributed by atoms with van der Waals surface area (Å²) >= 11 is 0. The van der Waals surface area contributed by atoms with Crippen molar-refractivity contribution in [3.8, 4) is 0 Å². The number of hydrogen-bond donors (Lipinski definition) is 0. The predicted octanol–water partition coefficient (Wildman–Crippen LogP) is 3.31. The summed E-state index contributed by atoms with van der Waals surface area (Å²) in [5.41, 5.74) is 0.743. The summed E-state index contributed by atoms with van der Waals surface area (Å²) in [4.78, 5) is 2.68. The Hall–Kier alpha value is -0.0800. The molecule has 19 heavy (non-hydrogen) atoms. The van der Waals surface area contributed by atoms with E-state index >= 15 is 0 Å². The molecule has 1 saturated heterocycles. The standard InChI is InChI=1S/C17H29NO/c1-13(18-2-4-19-5-3-18)9-17-10-14-6-15(11-17)8-16(7-14)12-17/h13-16H,2-12H2,1H3. The number of rotatable bonds is 3. The first-order chi connectivity index (χ1) is 9.22. The van der Waals surface area contributed by atoms with Crippen LogP contribution in [0.5, 0.6) is 0 Å². The summed E-state index contributed by atoms with van der Waals surface area (Å²) in [5.74, 6) is 3.30. The van der Waals surface area contributed by atoms with Gasteiger partial charge in [-0.05, 0) is 75.0 Å². The van der Waals surface area contributed by atoms with Crippen LogP contribution in [-0.4, -0.2) is 37.2 Å². The maximum Gasteiger partial charge on any atom is 0.0594 e. The van der Waals surface area contributed by atoms with Gasteiger partial charge in [0.2, 0.25) is 0 Å². The van der Waals surface area contributed by atoms with Crippen LogP contribution in [0.1, 0.15) is 51.9 Å². The molecule has 5 fully saturated rings. The zero-order valence-corrected chi connectivity index (χ0v) is 12.4. The lowest BCUT2D eigenvalue weighted by atomic mass is 9.48. The lowest BCUT2D eigenvalue weighted by Gasteiger charge is -2.58. The van der Waals surface area contributed by atoms with Crippen molar-refractivity contribution in [2.24, 2.45) is 23.2 Å². The van der Waals surface area contributed by atoms with E-state index in [2.05, 4.69) is 11.8 Å². The fraction of sp³-hybridized carbons (Fsp3) is 1.00. The zero-order valence-electron chi connectivity index (χ0n) is 12.4. The monoisotopic (exact) mass is 263 g/mol. The summed E-state index contributed by atoms with van der Waals surface area (Å²) in [6.07, 6.45) is 10.9. The SMILES string of the molecule is CC(CC12CC3CC(CC(C3)C1)C2)N1CCOCC1. The van der Waals surface area contributed by atoms with E-state index in [1.165, 1.54) is 6.42 Å². The highest BCUT2D eigenvalue weighted by Crippen LogP contribution is 2.61. The number of nitrogens with zero attached hydrogens (tertiary/aromatic N) is 1. The highest BCUT2D eigenvalue weighted by Gasteiger charge is 2.51. The van der Waals surface area contributed by atoms with Crippen LogP contribution < -0.4 is 0 Å². The van der Waals surface area contributed by atoms with Gasteiger partial charge in [0.25, 0.3) is 0 Å². The maximum atomic E-state index is 5.50. The molecular weight excluding hydrogens is 234 g/mol. The maximum absolute atomic E-state index is 5.50. The molecule has 2 heteroatoms. The van der Waals surface area contributed by atoms with Crippen molar-refractivity contribution in [3.63, 3.8) is 0 Å². The van der Waals surface area contributed by atoms with E-state index in [1.807, 2.05) is 0 Å². The van der Waals surface area contributed by atoms with Crippen molar-refractivity contribution in [2.75, 3.05) is 26.3 Å². The summed E-state index contributed by atoms with van der Waals surface area (Å²) in [6, 6.07) is 0.778. The van der Waals surface area contributed by atoms with Crippen LogP contribution >= 0.6 is 0 Å². The molecule has 0 spiro atoms. The fourth-order valence-electron chi connectivity index (χ4n) is 6.31. The van der Waals surface area contributed by atoms with Crippen molar-refractivity contribution >= 4 is 0 Å². The zero-order chi connectivity index (χ0) is 12.9. The molecular formula is C17H29NO. The topological polar surface area (TPSA) is 12.5 Å². The van der Waals surface area contributed by atoms with Gasteiger partial charge >= 0.3 is 0 Å². The molecule has 108 valence electrons. The predicted molar refractivity (Wildman–Crippen MR) is 77.1 cm³/mol. The van der Waals surface area contributed by atoms with Gasteiger partial charge in [-0.2, -0.15) is 0 Å². The van der Waals surface area contributed by atoms with Crippen molar-refractivity contribution < 1.29 is 4.74 Å². The second kappa shape index (κ2) is 4.73. The molecule has 5 rings (SSSR count). The minimum Gasteiger partial charge on any atom is -0.379 e. The summed E-state index contributed by atoms with van der Waals surface area (Å²) in [7, 11) is 0. The normalized spacial score (nSPS) is 47.5. The molecule has 0 aromatic carbocycles. The van der Waals surface area contributed by atoms with E-state index in [-0.39, 0.29) is 0 Å². The van der Waals surface area contributed by atoms with Gasteiger partial charge in [-0.25, -0.2) is 0 Å². The van der Waals surface area contributed by atoms with Crippen LogP contribution in [-0.2, 0) is 4.74 Å². The second-order valence-electron chi connectivity index (χ2n) is 8.12. The Kier molecular flexibility index (Phi) is 3.15. The molecule has 4 aliphatic carbocycles. The van der Waals surface area contributed by atoms with E-state index in [4.69, 9.17) is 4.74 Å². The first-order valence-electron chi connectivity index (χ1n) is 8.54. The molecule has 4 bridgehead atoms. The quantitative estimate of drug-likeness (QED) is 0.774. The first-order valence-corrected chi connectivity index (χ1v) is 8.54. The Morgan fingerprint density at radius 1 is 1.00 bits per heavy atom. The van der Waals surface area contributed by atoms with Crippen molar-refractivity contribution in [2.45, 2.75) is 57.9 Å². The third kappa shape index (κ3) is 2.35. The highest BCUT2D eigenvalue weighted by molar-refractivity contribution is 5.02. The average Bonchev–Trinajstić information content (AvgIpc) is 2.37. The van der Waals surface area contributed by atoms with Crippen LogP contribution in [0.25, 0.3) is 0 Å². The Bertz CT molecular complexity index is 299. The Balaban J connectivity index is 1.44. The van der Waals surface area contributed by atoms with Gasteiger partial charge in [-0.15, -0.1) is 0 Å². The van der Waals surface area contributed by atoms with Crippen LogP contribution in [0.2, 0.25) is 0 Å². The lowest BCUT2D eigenvalue weighted by Crippen LogP contribution is -2.50. The van der Waals surface area contributed by atoms with E-state index < -0.39 is 0 Å². The molecule has 0 aromatic heterocycles. The Morgan fingerprint density at radius 3 is 2.05 bits per heavy atom. The van der Waals surface area contributed by atoms with E-state index in [0.717, 1.165) is 55.5 Å². The van der Waals surface area contributed by atoms with E-state index in [9.17, 15) is 0 Å². The molecule has 1 aliphatic heterocycles. The summed E-state index contributed by atoms with van der Waals surface area (Å²) < 4.78 is 5.50. The summed E-state index contributed by atoms with van der Waals surface area (Å²) in [6.45, 7) is 6.70. The minimum atomic E-state index is 0.743. The molecule has 1 heterocycles. The number of ether oxygens (including phenoxy) is 1. The Labute approximate surface area is 117 Å². The van der Waals surface area contributed by atoms with Gasteiger partial charge in [0.05, 0.1) is 13.2 Å². The molecule has 0 radical (unpaired) electrons. The van der Waals surface area contributed by atoms with Gasteiger partial charge in [0.1, 0.15) is 0 Å². The van der Waals surface area contributed by atoms with Crippen molar-refractivity contribution in [1.29, 1.82) is 0 Å². The molecule has 1 atom stereocenters. The van der Waals surface area contributed by atoms with E-state index in [1.54, 1.807) is 38.5 Å². The van der Waals surface area contributed by atoms with Crippen LogP contribution in [0.4, 0.5) is 0 Å². The highest BCUT2D eigenvalue weighted by atomic mass is 16.5. The molecule has 0 amide bonds. The summed E-state index contributed by atoms with van der Waals surface area (Å²) in [5, 5.41) is 0. The molecule has 2 nitrogen and oxygen atoms in total. The van der Waals surface area contributed by atoms with Gasteiger partial charge in [0.15, 0.2) is 0 Å². The van der Waals surface area contributed by atoms with Gasteiger partial charge in [-0.1, -0.05) is 0 Å². The number of hydrogen-bond acceptors (Lipinski definition) is 2. The molecule has 4 saturated carbocycles. The van der Waals surface area contributed by atoms with Gasteiger partial charge < -0.3 is 4.74 Å². The van der Waals surface area contributed by atoms with Crippen molar-refractivity contribution in [3.05, 3.63) is 0 Å². The van der Waals surface area contributed by atoms with Crippen LogP contribution in [0.3, 0.4) is 0 Å². The van der Waals surface area contributed by atoms with Gasteiger partial charge in [-0.3, -0.25) is 4.90 Å². The Morgan fingerprint density at radius 2 is 1.53 bits per heavy atom. The lowest BCUT2D eigenvalue weighted by molar-refractivity contribution is -0.0747. The van der Waals surface area contributed by atoms with E-state index in [0.29, 0.717) is 0 Å². The third-order valence-corrected chi connectivity index (χ3v) is 6.56. The largest absolute Gasteiger partial charge is 0.379 e. The number of morpholine rings is 1. The molecule has 0 N–H and O–H groups in total. The molecule has 1 unspecified atom stereocenters.